The van der Waals surface area contributed by atoms with Crippen molar-refractivity contribution in [3.63, 3.8) is 0 Å². The Hall–Kier alpha value is -3.07. The van der Waals surface area contributed by atoms with E-state index in [-0.39, 0.29) is 5.69 Å². The normalized spacial score (nSPS) is 11.1. The number of rotatable bonds is 2. The number of aromatic amines is 1. The largest absolute Gasteiger partial charge is 0.477 e. The Labute approximate surface area is 126 Å². The molecule has 3 nitrogen and oxygen atoms in total. The minimum atomic E-state index is -0.944. The molecule has 0 radical (unpaired) electrons. The fourth-order valence-corrected chi connectivity index (χ4v) is 2.97. The minimum absolute atomic E-state index is 0.211. The molecule has 0 spiro atoms. The third-order valence-corrected chi connectivity index (χ3v) is 3.97. The first-order valence-corrected chi connectivity index (χ1v) is 7.07. The first-order valence-electron chi connectivity index (χ1n) is 7.07. The molecule has 3 heteroatoms. The topological polar surface area (TPSA) is 53.1 Å². The summed E-state index contributed by atoms with van der Waals surface area (Å²) in [4.78, 5) is 14.2. The molecule has 3 aromatic carbocycles. The molecule has 4 aromatic rings. The molecule has 22 heavy (non-hydrogen) atoms. The van der Waals surface area contributed by atoms with Gasteiger partial charge in [0.25, 0.3) is 0 Å². The van der Waals surface area contributed by atoms with Crippen LogP contribution in [0.1, 0.15) is 10.5 Å². The summed E-state index contributed by atoms with van der Waals surface area (Å²) in [7, 11) is 0. The van der Waals surface area contributed by atoms with Crippen LogP contribution >= 0.6 is 0 Å². The number of hydrogen-bond acceptors (Lipinski definition) is 1. The number of benzene rings is 3. The summed E-state index contributed by atoms with van der Waals surface area (Å²) in [6, 6.07) is 22.0. The van der Waals surface area contributed by atoms with Crippen LogP contribution < -0.4 is 0 Å². The molecular formula is C19H13NO2. The van der Waals surface area contributed by atoms with Gasteiger partial charge in [0.05, 0.1) is 0 Å². The summed E-state index contributed by atoms with van der Waals surface area (Å²) >= 11 is 0. The van der Waals surface area contributed by atoms with E-state index < -0.39 is 5.97 Å². The van der Waals surface area contributed by atoms with Crippen molar-refractivity contribution in [2.24, 2.45) is 0 Å². The molecule has 106 valence electrons. The molecule has 0 atom stereocenters. The van der Waals surface area contributed by atoms with Gasteiger partial charge in [-0.15, -0.1) is 0 Å². The minimum Gasteiger partial charge on any atom is -0.477 e. The van der Waals surface area contributed by atoms with Crippen LogP contribution in [0, 0.1) is 0 Å². The fraction of sp³-hybridized carbons (Fsp3) is 0. The van der Waals surface area contributed by atoms with Gasteiger partial charge in [-0.05, 0) is 34.0 Å². The van der Waals surface area contributed by atoms with Gasteiger partial charge in [0, 0.05) is 10.9 Å². The summed E-state index contributed by atoms with van der Waals surface area (Å²) in [6.45, 7) is 0. The van der Waals surface area contributed by atoms with E-state index in [0.717, 1.165) is 27.4 Å². The van der Waals surface area contributed by atoms with Crippen LogP contribution in [0.5, 0.6) is 0 Å². The molecule has 0 saturated heterocycles. The predicted molar refractivity (Wildman–Crippen MR) is 88.2 cm³/mol. The molecule has 0 aliphatic rings. The monoisotopic (exact) mass is 287 g/mol. The molecule has 1 aromatic heterocycles. The quantitative estimate of drug-likeness (QED) is 0.562. The van der Waals surface area contributed by atoms with Gasteiger partial charge in [-0.3, -0.25) is 0 Å². The van der Waals surface area contributed by atoms with E-state index in [0.29, 0.717) is 0 Å². The maximum atomic E-state index is 11.2. The average molecular weight is 287 g/mol. The van der Waals surface area contributed by atoms with Crippen LogP contribution in [0.3, 0.4) is 0 Å². The molecule has 1 heterocycles. The Morgan fingerprint density at radius 2 is 1.50 bits per heavy atom. The van der Waals surface area contributed by atoms with Crippen molar-refractivity contribution in [1.29, 1.82) is 0 Å². The summed E-state index contributed by atoms with van der Waals surface area (Å²) in [6.07, 6.45) is 0. The molecule has 0 amide bonds. The maximum Gasteiger partial charge on any atom is 0.352 e. The Morgan fingerprint density at radius 3 is 2.32 bits per heavy atom. The lowest BCUT2D eigenvalue weighted by Crippen LogP contribution is -1.94. The van der Waals surface area contributed by atoms with Crippen LogP contribution in [0.15, 0.2) is 66.7 Å². The smallest absolute Gasteiger partial charge is 0.352 e. The van der Waals surface area contributed by atoms with Gasteiger partial charge in [0.2, 0.25) is 0 Å². The van der Waals surface area contributed by atoms with Gasteiger partial charge in [0.1, 0.15) is 5.69 Å². The molecule has 2 N–H and O–H groups in total. The summed E-state index contributed by atoms with van der Waals surface area (Å²) in [5.74, 6) is -0.944. The van der Waals surface area contributed by atoms with E-state index >= 15 is 0 Å². The maximum absolute atomic E-state index is 11.2. The molecule has 0 saturated carbocycles. The lowest BCUT2D eigenvalue weighted by atomic mass is 9.96. The third-order valence-electron chi connectivity index (χ3n) is 3.97. The van der Waals surface area contributed by atoms with Gasteiger partial charge < -0.3 is 10.1 Å². The van der Waals surface area contributed by atoms with E-state index in [1.807, 2.05) is 36.4 Å². The fourth-order valence-electron chi connectivity index (χ4n) is 2.97. The third kappa shape index (κ3) is 1.87. The zero-order valence-electron chi connectivity index (χ0n) is 11.7. The van der Waals surface area contributed by atoms with Gasteiger partial charge in [0.15, 0.2) is 0 Å². The Bertz CT molecular complexity index is 1010. The van der Waals surface area contributed by atoms with Gasteiger partial charge in [-0.1, -0.05) is 54.6 Å². The van der Waals surface area contributed by atoms with E-state index in [2.05, 4.69) is 29.2 Å². The van der Waals surface area contributed by atoms with Crippen LogP contribution in [0.2, 0.25) is 0 Å². The number of carbonyl (C=O) groups is 1. The molecule has 0 bridgehead atoms. The number of hydrogen-bond donors (Lipinski definition) is 2. The van der Waals surface area contributed by atoms with Crippen molar-refractivity contribution < 1.29 is 9.90 Å². The Balaban J connectivity index is 2.06. The molecule has 0 unspecified atom stereocenters. The van der Waals surface area contributed by atoms with Gasteiger partial charge in [-0.25, -0.2) is 4.79 Å². The number of carboxylic acid groups (broad SMARTS) is 1. The predicted octanol–water partition coefficient (Wildman–Crippen LogP) is 4.69. The number of carboxylic acids is 1. The van der Waals surface area contributed by atoms with Crippen LogP contribution in [0.25, 0.3) is 32.8 Å². The van der Waals surface area contributed by atoms with Crippen molar-refractivity contribution in [3.05, 3.63) is 72.4 Å². The van der Waals surface area contributed by atoms with Crippen molar-refractivity contribution in [3.8, 4) is 11.1 Å². The number of aromatic carboxylic acids is 1. The number of nitrogens with one attached hydrogen (secondary N) is 1. The van der Waals surface area contributed by atoms with Gasteiger partial charge in [-0.2, -0.15) is 0 Å². The molecule has 4 rings (SSSR count). The van der Waals surface area contributed by atoms with Crippen LogP contribution in [-0.2, 0) is 0 Å². The summed E-state index contributed by atoms with van der Waals surface area (Å²) in [5.41, 5.74) is 3.20. The highest BCUT2D eigenvalue weighted by atomic mass is 16.4. The van der Waals surface area contributed by atoms with E-state index in [1.165, 1.54) is 5.39 Å². The van der Waals surface area contributed by atoms with E-state index in [1.54, 1.807) is 6.07 Å². The molecule has 0 aliphatic heterocycles. The van der Waals surface area contributed by atoms with Crippen LogP contribution in [-0.4, -0.2) is 16.1 Å². The van der Waals surface area contributed by atoms with Crippen molar-refractivity contribution in [1.82, 2.24) is 4.98 Å². The number of H-pyrrole nitrogens is 1. The lowest BCUT2D eigenvalue weighted by Gasteiger charge is -2.08. The number of aromatic nitrogens is 1. The summed E-state index contributed by atoms with van der Waals surface area (Å²) in [5, 5.41) is 12.4. The van der Waals surface area contributed by atoms with Crippen molar-refractivity contribution >= 4 is 27.6 Å². The average Bonchev–Trinajstić information content (AvgIpc) is 2.99. The van der Waals surface area contributed by atoms with E-state index in [4.69, 9.17) is 0 Å². The Kier molecular flexibility index (Phi) is 2.73. The Morgan fingerprint density at radius 1 is 0.818 bits per heavy atom. The zero-order valence-corrected chi connectivity index (χ0v) is 11.7. The highest BCUT2D eigenvalue weighted by Gasteiger charge is 2.12. The second-order valence-electron chi connectivity index (χ2n) is 5.28. The number of fused-ring (bicyclic) bond motifs is 2. The standard InChI is InChI=1S/C19H13NO2/c21-19(22)18-11-16-15(9-4-10-17(16)20-18)14-8-3-6-12-5-1-2-7-13(12)14/h1-11,20H,(H,21,22). The first kappa shape index (κ1) is 12.7. The lowest BCUT2D eigenvalue weighted by molar-refractivity contribution is 0.0691. The second kappa shape index (κ2) is 4.74. The van der Waals surface area contributed by atoms with Crippen molar-refractivity contribution in [2.45, 2.75) is 0 Å². The highest BCUT2D eigenvalue weighted by Crippen LogP contribution is 2.34. The van der Waals surface area contributed by atoms with Crippen molar-refractivity contribution in [2.75, 3.05) is 0 Å². The molecule has 0 fully saturated rings. The second-order valence-corrected chi connectivity index (χ2v) is 5.28. The molecule has 0 aliphatic carbocycles. The van der Waals surface area contributed by atoms with Gasteiger partial charge >= 0.3 is 5.97 Å². The summed E-state index contributed by atoms with van der Waals surface area (Å²) < 4.78 is 0. The van der Waals surface area contributed by atoms with E-state index in [9.17, 15) is 9.90 Å². The van der Waals surface area contributed by atoms with Crippen LogP contribution in [0.4, 0.5) is 0 Å². The zero-order chi connectivity index (χ0) is 15.1. The highest BCUT2D eigenvalue weighted by molar-refractivity contribution is 6.06. The SMILES string of the molecule is O=C(O)c1cc2c(-c3cccc4ccccc34)cccc2[nH]1. The first-order chi connectivity index (χ1) is 10.7. The molecular weight excluding hydrogens is 274 g/mol.